The van der Waals surface area contributed by atoms with Gasteiger partial charge in [-0.05, 0) is 62.4 Å². The maximum absolute atomic E-state index is 12.1. The lowest BCUT2D eigenvalue weighted by atomic mass is 10.2. The van der Waals surface area contributed by atoms with Crippen molar-refractivity contribution in [1.29, 1.82) is 0 Å². The number of rotatable bonds is 5. The van der Waals surface area contributed by atoms with E-state index in [0.29, 0.717) is 5.56 Å². The zero-order chi connectivity index (χ0) is 15.2. The van der Waals surface area contributed by atoms with Crippen LogP contribution in [0.5, 0.6) is 5.75 Å². The summed E-state index contributed by atoms with van der Waals surface area (Å²) in [5.74, 6) is -0.0410. The van der Waals surface area contributed by atoms with Crippen molar-refractivity contribution >= 4 is 17.3 Å². The lowest BCUT2D eigenvalue weighted by Crippen LogP contribution is -2.21. The zero-order valence-corrected chi connectivity index (χ0v) is 12.3. The Morgan fingerprint density at radius 1 is 1.00 bits per heavy atom. The van der Waals surface area contributed by atoms with Gasteiger partial charge >= 0.3 is 0 Å². The molecule has 0 aliphatic heterocycles. The summed E-state index contributed by atoms with van der Waals surface area (Å²) in [6.45, 7) is 6.14. The number of nitrogens with zero attached hydrogens (tertiary/aromatic N) is 1. The minimum Gasteiger partial charge on any atom is -0.508 e. The van der Waals surface area contributed by atoms with Crippen molar-refractivity contribution in [3.63, 3.8) is 0 Å². The van der Waals surface area contributed by atoms with Crippen molar-refractivity contribution in [2.45, 2.75) is 13.8 Å². The van der Waals surface area contributed by atoms with Crippen molar-refractivity contribution in [2.75, 3.05) is 23.3 Å². The first-order valence-electron chi connectivity index (χ1n) is 7.09. The van der Waals surface area contributed by atoms with E-state index >= 15 is 0 Å². The molecule has 0 saturated carbocycles. The van der Waals surface area contributed by atoms with E-state index in [-0.39, 0.29) is 11.7 Å². The van der Waals surface area contributed by atoms with E-state index in [9.17, 15) is 9.90 Å². The first-order valence-corrected chi connectivity index (χ1v) is 7.09. The molecule has 2 N–H and O–H groups in total. The molecule has 1 amide bonds. The number of carbonyl (C=O) groups excluding carboxylic acids is 1. The Bertz CT molecular complexity index is 587. The normalized spacial score (nSPS) is 10.2. The molecule has 21 heavy (non-hydrogen) atoms. The summed E-state index contributed by atoms with van der Waals surface area (Å²) in [5.41, 5.74) is 2.41. The Kier molecular flexibility index (Phi) is 4.82. The van der Waals surface area contributed by atoms with E-state index in [0.717, 1.165) is 24.5 Å². The molecule has 110 valence electrons. The van der Waals surface area contributed by atoms with Gasteiger partial charge in [-0.1, -0.05) is 0 Å². The molecule has 2 rings (SSSR count). The third-order valence-electron chi connectivity index (χ3n) is 3.38. The molecular formula is C17H20N2O2. The van der Waals surface area contributed by atoms with E-state index in [4.69, 9.17) is 0 Å². The van der Waals surface area contributed by atoms with Gasteiger partial charge in [-0.25, -0.2) is 0 Å². The molecule has 0 atom stereocenters. The smallest absolute Gasteiger partial charge is 0.255 e. The van der Waals surface area contributed by atoms with E-state index in [1.165, 1.54) is 12.1 Å². The van der Waals surface area contributed by atoms with Gasteiger partial charge in [-0.15, -0.1) is 0 Å². The molecule has 0 radical (unpaired) electrons. The first kappa shape index (κ1) is 14.9. The highest BCUT2D eigenvalue weighted by atomic mass is 16.3. The molecule has 0 aromatic heterocycles. The summed E-state index contributed by atoms with van der Waals surface area (Å²) in [5, 5.41) is 12.1. The van der Waals surface area contributed by atoms with Crippen LogP contribution in [-0.2, 0) is 0 Å². The summed E-state index contributed by atoms with van der Waals surface area (Å²) in [4.78, 5) is 14.3. The Hall–Kier alpha value is -2.49. The largest absolute Gasteiger partial charge is 0.508 e. The maximum atomic E-state index is 12.1. The molecule has 2 aromatic carbocycles. The van der Waals surface area contributed by atoms with Crippen molar-refractivity contribution in [3.05, 3.63) is 54.1 Å². The van der Waals surface area contributed by atoms with Crippen LogP contribution in [0.4, 0.5) is 11.4 Å². The number of benzene rings is 2. The number of hydrogen-bond acceptors (Lipinski definition) is 3. The molecule has 0 spiro atoms. The SMILES string of the molecule is CCN(CC)c1ccc(NC(=O)c2ccc(O)cc2)cc1. The van der Waals surface area contributed by atoms with Crippen LogP contribution in [0, 0.1) is 0 Å². The van der Waals surface area contributed by atoms with E-state index in [1.807, 2.05) is 24.3 Å². The monoisotopic (exact) mass is 284 g/mol. The van der Waals surface area contributed by atoms with Gasteiger partial charge in [0.1, 0.15) is 5.75 Å². The van der Waals surface area contributed by atoms with Gasteiger partial charge in [-0.2, -0.15) is 0 Å². The van der Waals surface area contributed by atoms with Crippen LogP contribution in [-0.4, -0.2) is 24.1 Å². The molecule has 2 aromatic rings. The molecule has 0 unspecified atom stereocenters. The minimum atomic E-state index is -0.189. The summed E-state index contributed by atoms with van der Waals surface area (Å²) in [6, 6.07) is 14.0. The summed E-state index contributed by atoms with van der Waals surface area (Å²) in [7, 11) is 0. The second-order valence-electron chi connectivity index (χ2n) is 4.72. The first-order chi connectivity index (χ1) is 10.1. The molecule has 0 heterocycles. The lowest BCUT2D eigenvalue weighted by molar-refractivity contribution is 0.102. The Balaban J connectivity index is 2.06. The predicted octanol–water partition coefficient (Wildman–Crippen LogP) is 3.49. The van der Waals surface area contributed by atoms with E-state index in [2.05, 4.69) is 24.1 Å². The minimum absolute atomic E-state index is 0.148. The van der Waals surface area contributed by atoms with Gasteiger partial charge < -0.3 is 15.3 Å². The number of hydrogen-bond donors (Lipinski definition) is 2. The highest BCUT2D eigenvalue weighted by molar-refractivity contribution is 6.04. The molecule has 0 aliphatic carbocycles. The fourth-order valence-corrected chi connectivity index (χ4v) is 2.16. The number of phenols is 1. The van der Waals surface area contributed by atoms with Crippen molar-refractivity contribution in [3.8, 4) is 5.75 Å². The molecular weight excluding hydrogens is 264 g/mol. The molecule has 4 heteroatoms. The van der Waals surface area contributed by atoms with Gasteiger partial charge in [0.2, 0.25) is 0 Å². The molecule has 0 fully saturated rings. The van der Waals surface area contributed by atoms with Crippen molar-refractivity contribution < 1.29 is 9.90 Å². The van der Waals surface area contributed by atoms with Gasteiger partial charge in [-0.3, -0.25) is 4.79 Å². The zero-order valence-electron chi connectivity index (χ0n) is 12.3. The highest BCUT2D eigenvalue weighted by Crippen LogP contribution is 2.18. The van der Waals surface area contributed by atoms with Crippen molar-refractivity contribution in [2.24, 2.45) is 0 Å². The van der Waals surface area contributed by atoms with E-state index < -0.39 is 0 Å². The van der Waals surface area contributed by atoms with Crippen LogP contribution in [0.25, 0.3) is 0 Å². The van der Waals surface area contributed by atoms with Gasteiger partial charge in [0.25, 0.3) is 5.91 Å². The van der Waals surface area contributed by atoms with Gasteiger partial charge in [0.05, 0.1) is 0 Å². The standard InChI is InChI=1S/C17H20N2O2/c1-3-19(4-2)15-9-7-14(8-10-15)18-17(21)13-5-11-16(20)12-6-13/h5-12,20H,3-4H2,1-2H3,(H,18,21). The third-order valence-corrected chi connectivity index (χ3v) is 3.38. The van der Waals surface area contributed by atoms with Crippen LogP contribution in [0.2, 0.25) is 0 Å². The molecule has 0 saturated heterocycles. The second kappa shape index (κ2) is 6.79. The van der Waals surface area contributed by atoms with E-state index in [1.54, 1.807) is 12.1 Å². The number of aromatic hydroxyl groups is 1. The number of anilines is 2. The molecule has 0 bridgehead atoms. The fourth-order valence-electron chi connectivity index (χ4n) is 2.16. The molecule has 0 aliphatic rings. The van der Waals surface area contributed by atoms with Crippen LogP contribution < -0.4 is 10.2 Å². The lowest BCUT2D eigenvalue weighted by Gasteiger charge is -2.21. The van der Waals surface area contributed by atoms with Gasteiger partial charge in [0, 0.05) is 30.0 Å². The average Bonchev–Trinajstić information content (AvgIpc) is 2.51. The fraction of sp³-hybridized carbons (Fsp3) is 0.235. The molecule has 4 nitrogen and oxygen atoms in total. The predicted molar refractivity (Wildman–Crippen MR) is 86.1 cm³/mol. The topological polar surface area (TPSA) is 52.6 Å². The average molecular weight is 284 g/mol. The Labute approximate surface area is 125 Å². The number of carbonyl (C=O) groups is 1. The summed E-state index contributed by atoms with van der Waals surface area (Å²) in [6.07, 6.45) is 0. The summed E-state index contributed by atoms with van der Waals surface area (Å²) < 4.78 is 0. The van der Waals surface area contributed by atoms with Crippen LogP contribution in [0.15, 0.2) is 48.5 Å². The maximum Gasteiger partial charge on any atom is 0.255 e. The van der Waals surface area contributed by atoms with Gasteiger partial charge in [0.15, 0.2) is 0 Å². The van der Waals surface area contributed by atoms with Crippen molar-refractivity contribution in [1.82, 2.24) is 0 Å². The third kappa shape index (κ3) is 3.75. The quantitative estimate of drug-likeness (QED) is 0.883. The Morgan fingerprint density at radius 3 is 2.10 bits per heavy atom. The van der Waals surface area contributed by atoms with Crippen LogP contribution >= 0.6 is 0 Å². The number of phenolic OH excluding ortho intramolecular Hbond substituents is 1. The number of nitrogens with one attached hydrogen (secondary N) is 1. The second-order valence-corrected chi connectivity index (χ2v) is 4.72. The highest BCUT2D eigenvalue weighted by Gasteiger charge is 2.07. The Morgan fingerprint density at radius 2 is 1.57 bits per heavy atom. The number of amides is 1. The van der Waals surface area contributed by atoms with Crippen LogP contribution in [0.3, 0.4) is 0 Å². The van der Waals surface area contributed by atoms with Crippen LogP contribution in [0.1, 0.15) is 24.2 Å². The summed E-state index contributed by atoms with van der Waals surface area (Å²) >= 11 is 0.